The molecule has 102 valence electrons. The highest BCUT2D eigenvalue weighted by Crippen LogP contribution is 2.31. The Labute approximate surface area is 108 Å². The molecule has 0 bridgehead atoms. The van der Waals surface area contributed by atoms with Crippen LogP contribution in [0.25, 0.3) is 0 Å². The summed E-state index contributed by atoms with van der Waals surface area (Å²) in [5, 5.41) is 2.87. The van der Waals surface area contributed by atoms with Crippen LogP contribution in [0.1, 0.15) is 39.0 Å². The molecule has 2 aliphatic rings. The van der Waals surface area contributed by atoms with E-state index < -0.39 is 5.54 Å². The number of nitrogens with two attached hydrogens (primary N) is 1. The molecule has 1 saturated heterocycles. The first-order valence-electron chi connectivity index (χ1n) is 6.76. The molecule has 3 N–H and O–H groups in total. The number of carbonyl (C=O) groups excluding carboxylic acids is 2. The van der Waals surface area contributed by atoms with Crippen LogP contribution < -0.4 is 11.1 Å². The normalized spacial score (nSPS) is 36.8. The molecule has 1 aliphatic heterocycles. The maximum Gasteiger partial charge on any atom is 0.244 e. The van der Waals surface area contributed by atoms with Crippen LogP contribution in [0.5, 0.6) is 0 Å². The van der Waals surface area contributed by atoms with Crippen LogP contribution in [0.3, 0.4) is 0 Å². The van der Waals surface area contributed by atoms with Gasteiger partial charge in [0, 0.05) is 19.1 Å². The van der Waals surface area contributed by atoms with Crippen molar-refractivity contribution in [3.05, 3.63) is 0 Å². The largest absolute Gasteiger partial charge is 0.344 e. The lowest BCUT2D eigenvalue weighted by Crippen LogP contribution is -2.55. The minimum atomic E-state index is -0.435. The van der Waals surface area contributed by atoms with Gasteiger partial charge in [-0.05, 0) is 26.2 Å². The molecule has 0 aromatic carbocycles. The van der Waals surface area contributed by atoms with Gasteiger partial charge in [-0.3, -0.25) is 9.59 Å². The standard InChI is InChI=1S/C13H23N3O2/c1-13(14)7-4-3-5-9(13)11(17)15-10-6-8-16(2)12(10)18/h9-10H,3-8,14H2,1-2H3,(H,15,17). The molecule has 2 rings (SSSR count). The van der Waals surface area contributed by atoms with Gasteiger partial charge >= 0.3 is 0 Å². The number of rotatable bonds is 2. The Hall–Kier alpha value is -1.10. The van der Waals surface area contributed by atoms with Crippen LogP contribution in [-0.4, -0.2) is 41.9 Å². The van der Waals surface area contributed by atoms with Crippen molar-refractivity contribution < 1.29 is 9.59 Å². The SMILES string of the molecule is CN1CCC(NC(=O)C2CCCCC2(C)N)C1=O. The second-order valence-electron chi connectivity index (χ2n) is 5.91. The molecule has 5 nitrogen and oxygen atoms in total. The van der Waals surface area contributed by atoms with E-state index in [0.29, 0.717) is 13.0 Å². The Kier molecular flexibility index (Phi) is 3.61. The first kappa shape index (κ1) is 13.3. The number of hydrogen-bond acceptors (Lipinski definition) is 3. The van der Waals surface area contributed by atoms with Gasteiger partial charge in [0.05, 0.1) is 5.92 Å². The fourth-order valence-electron chi connectivity index (χ4n) is 3.02. The molecular formula is C13H23N3O2. The van der Waals surface area contributed by atoms with E-state index in [0.717, 1.165) is 25.7 Å². The minimum absolute atomic E-state index is 0.0119. The van der Waals surface area contributed by atoms with Gasteiger partial charge in [0.2, 0.25) is 11.8 Å². The van der Waals surface area contributed by atoms with Crippen LogP contribution in [0.15, 0.2) is 0 Å². The maximum atomic E-state index is 12.3. The van der Waals surface area contributed by atoms with Gasteiger partial charge in [0.25, 0.3) is 0 Å². The monoisotopic (exact) mass is 253 g/mol. The second kappa shape index (κ2) is 4.88. The zero-order valence-corrected chi connectivity index (χ0v) is 11.2. The first-order valence-corrected chi connectivity index (χ1v) is 6.76. The van der Waals surface area contributed by atoms with E-state index in [1.54, 1.807) is 11.9 Å². The molecule has 1 saturated carbocycles. The Bertz CT molecular complexity index is 354. The van der Waals surface area contributed by atoms with Gasteiger partial charge in [0.15, 0.2) is 0 Å². The highest BCUT2D eigenvalue weighted by atomic mass is 16.2. The molecule has 1 heterocycles. The Balaban J connectivity index is 1.97. The van der Waals surface area contributed by atoms with E-state index in [2.05, 4.69) is 5.32 Å². The van der Waals surface area contributed by atoms with Crippen LogP contribution in [0, 0.1) is 5.92 Å². The molecule has 3 atom stereocenters. The fourth-order valence-corrected chi connectivity index (χ4v) is 3.02. The third-order valence-corrected chi connectivity index (χ3v) is 4.31. The second-order valence-corrected chi connectivity index (χ2v) is 5.91. The van der Waals surface area contributed by atoms with Gasteiger partial charge in [-0.1, -0.05) is 12.8 Å². The predicted octanol–water partition coefficient (Wildman–Crippen LogP) is 0.241. The topological polar surface area (TPSA) is 75.4 Å². The lowest BCUT2D eigenvalue weighted by molar-refractivity contribution is -0.134. The minimum Gasteiger partial charge on any atom is -0.344 e. The molecular weight excluding hydrogens is 230 g/mol. The Morgan fingerprint density at radius 2 is 2.17 bits per heavy atom. The summed E-state index contributed by atoms with van der Waals surface area (Å²) >= 11 is 0. The van der Waals surface area contributed by atoms with Crippen molar-refractivity contribution in [3.8, 4) is 0 Å². The summed E-state index contributed by atoms with van der Waals surface area (Å²) in [4.78, 5) is 25.7. The number of amides is 2. The van der Waals surface area contributed by atoms with E-state index in [-0.39, 0.29) is 23.8 Å². The predicted molar refractivity (Wildman–Crippen MR) is 68.7 cm³/mol. The smallest absolute Gasteiger partial charge is 0.244 e. The maximum absolute atomic E-state index is 12.3. The lowest BCUT2D eigenvalue weighted by atomic mass is 9.74. The third-order valence-electron chi connectivity index (χ3n) is 4.31. The van der Waals surface area contributed by atoms with Gasteiger partial charge in [-0.15, -0.1) is 0 Å². The highest BCUT2D eigenvalue weighted by molar-refractivity contribution is 5.90. The van der Waals surface area contributed by atoms with Gasteiger partial charge < -0.3 is 16.0 Å². The van der Waals surface area contributed by atoms with Crippen molar-refractivity contribution in [1.29, 1.82) is 0 Å². The summed E-state index contributed by atoms with van der Waals surface area (Å²) in [6.45, 7) is 2.66. The summed E-state index contributed by atoms with van der Waals surface area (Å²) in [6, 6.07) is -0.347. The first-order chi connectivity index (χ1) is 8.42. The van der Waals surface area contributed by atoms with E-state index in [1.807, 2.05) is 6.92 Å². The summed E-state index contributed by atoms with van der Waals surface area (Å²) in [5.74, 6) is -0.198. The van der Waals surface area contributed by atoms with Crippen molar-refractivity contribution >= 4 is 11.8 Å². The van der Waals surface area contributed by atoms with E-state index in [1.165, 1.54) is 0 Å². The van der Waals surface area contributed by atoms with E-state index in [4.69, 9.17) is 5.73 Å². The lowest BCUT2D eigenvalue weighted by Gasteiger charge is -2.37. The molecule has 0 radical (unpaired) electrons. The van der Waals surface area contributed by atoms with Gasteiger partial charge in [0.1, 0.15) is 6.04 Å². The molecule has 18 heavy (non-hydrogen) atoms. The molecule has 0 spiro atoms. The van der Waals surface area contributed by atoms with E-state index in [9.17, 15) is 9.59 Å². The van der Waals surface area contributed by atoms with Gasteiger partial charge in [-0.2, -0.15) is 0 Å². The fraction of sp³-hybridized carbons (Fsp3) is 0.846. The van der Waals surface area contributed by atoms with Crippen molar-refractivity contribution in [1.82, 2.24) is 10.2 Å². The van der Waals surface area contributed by atoms with Crippen molar-refractivity contribution in [2.45, 2.75) is 50.6 Å². The highest BCUT2D eigenvalue weighted by Gasteiger charge is 2.40. The summed E-state index contributed by atoms with van der Waals surface area (Å²) in [5.41, 5.74) is 5.77. The van der Waals surface area contributed by atoms with Crippen molar-refractivity contribution in [3.63, 3.8) is 0 Å². The van der Waals surface area contributed by atoms with E-state index >= 15 is 0 Å². The summed E-state index contributed by atoms with van der Waals surface area (Å²) in [6.07, 6.45) is 4.54. The van der Waals surface area contributed by atoms with Crippen LogP contribution in [0.4, 0.5) is 0 Å². The molecule has 0 aromatic heterocycles. The van der Waals surface area contributed by atoms with Crippen LogP contribution >= 0.6 is 0 Å². The number of nitrogens with one attached hydrogen (secondary N) is 1. The molecule has 2 fully saturated rings. The van der Waals surface area contributed by atoms with Crippen molar-refractivity contribution in [2.75, 3.05) is 13.6 Å². The number of carbonyl (C=O) groups is 2. The van der Waals surface area contributed by atoms with Crippen molar-refractivity contribution in [2.24, 2.45) is 11.7 Å². The average molecular weight is 253 g/mol. The molecule has 1 aliphatic carbocycles. The summed E-state index contributed by atoms with van der Waals surface area (Å²) < 4.78 is 0. The molecule has 3 unspecified atom stereocenters. The van der Waals surface area contributed by atoms with Crippen LogP contribution in [0.2, 0.25) is 0 Å². The van der Waals surface area contributed by atoms with Gasteiger partial charge in [-0.25, -0.2) is 0 Å². The zero-order valence-electron chi connectivity index (χ0n) is 11.2. The quantitative estimate of drug-likeness (QED) is 0.740. The molecule has 0 aromatic rings. The van der Waals surface area contributed by atoms with Crippen LogP contribution in [-0.2, 0) is 9.59 Å². The summed E-state index contributed by atoms with van der Waals surface area (Å²) in [7, 11) is 1.77. The Morgan fingerprint density at radius 3 is 2.72 bits per heavy atom. The zero-order chi connectivity index (χ0) is 13.3. The third kappa shape index (κ3) is 2.51. The molecule has 2 amide bonds. The average Bonchev–Trinajstić information content (AvgIpc) is 2.60. The number of nitrogens with zero attached hydrogens (tertiary/aromatic N) is 1. The number of likely N-dealkylation sites (tertiary alicyclic amines) is 1. The molecule has 5 heteroatoms. The number of hydrogen-bond donors (Lipinski definition) is 2. The Morgan fingerprint density at radius 1 is 1.44 bits per heavy atom. The number of likely N-dealkylation sites (N-methyl/N-ethyl adjacent to an activating group) is 1.